The molecule has 0 unspecified atom stereocenters. The number of anilines is 1. The summed E-state index contributed by atoms with van der Waals surface area (Å²) in [6.45, 7) is 1.36. The first-order valence-corrected chi connectivity index (χ1v) is 7.64. The summed E-state index contributed by atoms with van der Waals surface area (Å²) in [5, 5.41) is 12.8. The number of hydrogen-bond donors (Lipinski definition) is 2. The molecule has 7 heteroatoms. The maximum absolute atomic E-state index is 11.4. The zero-order valence-electron chi connectivity index (χ0n) is 9.93. The summed E-state index contributed by atoms with van der Waals surface area (Å²) >= 11 is 3.05. The summed E-state index contributed by atoms with van der Waals surface area (Å²) in [6, 6.07) is 0.332. The second-order valence-electron chi connectivity index (χ2n) is 4.09. The molecule has 0 radical (unpaired) electrons. The second-order valence-corrected chi connectivity index (χ2v) is 6.31. The molecule has 2 N–H and O–H groups in total. The van der Waals surface area contributed by atoms with Gasteiger partial charge in [0.2, 0.25) is 0 Å². The number of aromatic carboxylic acids is 1. The minimum Gasteiger partial charge on any atom is -0.476 e. The third kappa shape index (κ3) is 3.02. The number of carboxylic acid groups (broad SMARTS) is 1. The Kier molecular flexibility index (Phi) is 4.23. The van der Waals surface area contributed by atoms with Crippen LogP contribution in [0.4, 0.5) is 5.13 Å². The molecule has 2 rings (SSSR count). The molecule has 1 aliphatic heterocycles. The van der Waals surface area contributed by atoms with Crippen molar-refractivity contribution < 1.29 is 14.7 Å². The van der Waals surface area contributed by atoms with E-state index in [4.69, 9.17) is 5.11 Å². The van der Waals surface area contributed by atoms with E-state index in [0.29, 0.717) is 11.2 Å². The number of aromatic nitrogens is 1. The number of carbonyl (C=O) groups excluding carboxylic acids is 1. The van der Waals surface area contributed by atoms with Gasteiger partial charge in [-0.2, -0.15) is 11.8 Å². The molecule has 1 aliphatic rings. The van der Waals surface area contributed by atoms with Crippen molar-refractivity contribution in [2.45, 2.75) is 25.8 Å². The highest BCUT2D eigenvalue weighted by molar-refractivity contribution is 7.99. The molecule has 0 saturated carbocycles. The summed E-state index contributed by atoms with van der Waals surface area (Å²) in [7, 11) is 0. The van der Waals surface area contributed by atoms with Crippen LogP contribution in [0.2, 0.25) is 0 Å². The smallest absolute Gasteiger partial charge is 0.356 e. The number of nitrogens with zero attached hydrogens (tertiary/aromatic N) is 1. The quantitative estimate of drug-likeness (QED) is 0.827. The highest BCUT2D eigenvalue weighted by Crippen LogP contribution is 2.27. The normalized spacial score (nSPS) is 16.5. The number of thioether (sulfide) groups is 1. The fourth-order valence-electron chi connectivity index (χ4n) is 1.78. The number of rotatable bonds is 4. The maximum atomic E-state index is 11.4. The van der Waals surface area contributed by atoms with Gasteiger partial charge in [-0.3, -0.25) is 4.79 Å². The van der Waals surface area contributed by atoms with Crippen LogP contribution in [0, 0.1) is 0 Å². The number of carbonyl (C=O) groups is 2. The van der Waals surface area contributed by atoms with E-state index in [2.05, 4.69) is 10.3 Å². The summed E-state index contributed by atoms with van der Waals surface area (Å²) < 4.78 is 0. The minimum atomic E-state index is -1.15. The molecule has 1 fully saturated rings. The van der Waals surface area contributed by atoms with Crippen LogP contribution in [-0.4, -0.2) is 39.4 Å². The Morgan fingerprint density at radius 1 is 1.39 bits per heavy atom. The van der Waals surface area contributed by atoms with Crippen LogP contribution in [0.3, 0.4) is 0 Å². The number of hydrogen-bond acceptors (Lipinski definition) is 6. The lowest BCUT2D eigenvalue weighted by Crippen LogP contribution is -2.24. The summed E-state index contributed by atoms with van der Waals surface area (Å²) in [5.74, 6) is 0.809. The van der Waals surface area contributed by atoms with Gasteiger partial charge in [-0.05, 0) is 24.3 Å². The van der Waals surface area contributed by atoms with Crippen molar-refractivity contribution in [2.24, 2.45) is 0 Å². The fourth-order valence-corrected chi connectivity index (χ4v) is 3.82. The Bertz CT molecular complexity index is 435. The Hall–Kier alpha value is -1.08. The lowest BCUT2D eigenvalue weighted by atomic mass is 10.2. The molecule has 98 valence electrons. The van der Waals surface area contributed by atoms with Crippen molar-refractivity contribution in [2.75, 3.05) is 16.8 Å². The third-order valence-electron chi connectivity index (χ3n) is 2.70. The first-order chi connectivity index (χ1) is 8.58. The second kappa shape index (κ2) is 5.71. The Morgan fingerprint density at radius 3 is 2.56 bits per heavy atom. The van der Waals surface area contributed by atoms with Crippen LogP contribution in [0.15, 0.2) is 0 Å². The van der Waals surface area contributed by atoms with Crippen molar-refractivity contribution in [3.63, 3.8) is 0 Å². The number of thiazole rings is 1. The SMILES string of the molecule is CC(=O)c1sc(NC2CCSCC2)nc1C(=O)O. The third-order valence-corrected chi connectivity index (χ3v) is 4.83. The number of carboxylic acids is 1. The molecule has 0 spiro atoms. The van der Waals surface area contributed by atoms with E-state index in [0.717, 1.165) is 35.7 Å². The van der Waals surface area contributed by atoms with E-state index in [1.54, 1.807) is 0 Å². The fraction of sp³-hybridized carbons (Fsp3) is 0.545. The monoisotopic (exact) mass is 286 g/mol. The van der Waals surface area contributed by atoms with E-state index < -0.39 is 5.97 Å². The first-order valence-electron chi connectivity index (χ1n) is 5.67. The number of ketones is 1. The van der Waals surface area contributed by atoms with Gasteiger partial charge in [0.25, 0.3) is 0 Å². The van der Waals surface area contributed by atoms with Crippen molar-refractivity contribution in [1.82, 2.24) is 4.98 Å². The van der Waals surface area contributed by atoms with Gasteiger partial charge in [0.15, 0.2) is 16.6 Å². The van der Waals surface area contributed by atoms with Gasteiger partial charge in [-0.1, -0.05) is 11.3 Å². The maximum Gasteiger partial charge on any atom is 0.356 e. The van der Waals surface area contributed by atoms with Gasteiger partial charge >= 0.3 is 5.97 Å². The largest absolute Gasteiger partial charge is 0.476 e. The first kappa shape index (κ1) is 13.4. The van der Waals surface area contributed by atoms with Crippen LogP contribution in [-0.2, 0) is 0 Å². The molecule has 1 aromatic rings. The molecule has 0 atom stereocenters. The number of Topliss-reactive ketones (excluding diaryl/α,β-unsaturated/α-hetero) is 1. The zero-order chi connectivity index (χ0) is 13.1. The molecule has 18 heavy (non-hydrogen) atoms. The highest BCUT2D eigenvalue weighted by atomic mass is 32.2. The predicted molar refractivity (Wildman–Crippen MR) is 73.0 cm³/mol. The molecule has 0 amide bonds. The van der Waals surface area contributed by atoms with E-state index in [1.807, 2.05) is 11.8 Å². The standard InChI is InChI=1S/C11H14N2O3S2/c1-6(14)9-8(10(15)16)13-11(18-9)12-7-2-4-17-5-3-7/h7H,2-5H2,1H3,(H,12,13)(H,15,16). The van der Waals surface area contributed by atoms with Crippen LogP contribution >= 0.6 is 23.1 Å². The van der Waals surface area contributed by atoms with Gasteiger partial charge in [-0.25, -0.2) is 9.78 Å². The summed E-state index contributed by atoms with van der Waals surface area (Å²) in [4.78, 5) is 26.6. The topological polar surface area (TPSA) is 79.3 Å². The molecule has 1 saturated heterocycles. The van der Waals surface area contributed by atoms with Gasteiger partial charge in [0.1, 0.15) is 4.88 Å². The van der Waals surface area contributed by atoms with Gasteiger partial charge < -0.3 is 10.4 Å². The predicted octanol–water partition coefficient (Wildman–Crippen LogP) is 2.35. The Morgan fingerprint density at radius 2 is 2.06 bits per heavy atom. The van der Waals surface area contributed by atoms with Crippen molar-refractivity contribution in [1.29, 1.82) is 0 Å². The summed E-state index contributed by atoms with van der Waals surface area (Å²) in [6.07, 6.45) is 2.09. The van der Waals surface area contributed by atoms with Crippen LogP contribution < -0.4 is 5.32 Å². The van der Waals surface area contributed by atoms with Gasteiger partial charge in [0.05, 0.1) is 0 Å². The Balaban J connectivity index is 2.15. The van der Waals surface area contributed by atoms with Gasteiger partial charge in [0, 0.05) is 13.0 Å². The van der Waals surface area contributed by atoms with Crippen LogP contribution in [0.25, 0.3) is 0 Å². The minimum absolute atomic E-state index is 0.139. The van der Waals surface area contributed by atoms with Crippen molar-refractivity contribution in [3.8, 4) is 0 Å². The zero-order valence-corrected chi connectivity index (χ0v) is 11.6. The van der Waals surface area contributed by atoms with E-state index in [9.17, 15) is 9.59 Å². The van der Waals surface area contributed by atoms with Crippen LogP contribution in [0.1, 0.15) is 39.9 Å². The van der Waals surface area contributed by atoms with Gasteiger partial charge in [-0.15, -0.1) is 0 Å². The van der Waals surface area contributed by atoms with E-state index in [1.165, 1.54) is 6.92 Å². The molecule has 0 aromatic carbocycles. The molecule has 5 nitrogen and oxygen atoms in total. The average Bonchev–Trinajstić information content (AvgIpc) is 2.74. The lowest BCUT2D eigenvalue weighted by molar-refractivity contribution is 0.0687. The van der Waals surface area contributed by atoms with Crippen molar-refractivity contribution in [3.05, 3.63) is 10.6 Å². The summed E-state index contributed by atoms with van der Waals surface area (Å²) in [5.41, 5.74) is -0.139. The molecular formula is C11H14N2O3S2. The average molecular weight is 286 g/mol. The molecule has 1 aromatic heterocycles. The molecule has 0 aliphatic carbocycles. The molecular weight excluding hydrogens is 272 g/mol. The highest BCUT2D eigenvalue weighted by Gasteiger charge is 2.22. The van der Waals surface area contributed by atoms with E-state index >= 15 is 0 Å². The molecule has 2 heterocycles. The van der Waals surface area contributed by atoms with Crippen molar-refractivity contribution >= 4 is 40.0 Å². The Labute approximate surface area is 113 Å². The lowest BCUT2D eigenvalue weighted by Gasteiger charge is -2.21. The molecule has 0 bridgehead atoms. The number of nitrogens with one attached hydrogen (secondary N) is 1. The van der Waals surface area contributed by atoms with Crippen LogP contribution in [0.5, 0.6) is 0 Å². The van der Waals surface area contributed by atoms with E-state index in [-0.39, 0.29) is 16.4 Å².